The second kappa shape index (κ2) is 5.70. The van der Waals surface area contributed by atoms with Crippen molar-refractivity contribution >= 4 is 0 Å². The Balaban J connectivity index is 4.53. The van der Waals surface area contributed by atoms with Gasteiger partial charge in [-0.1, -0.05) is 13.3 Å². The average Bonchev–Trinajstić information content (AvgIpc) is 2.14. The zero-order valence-electron chi connectivity index (χ0n) is 8.33. The smallest absolute Gasteiger partial charge is 0.312 e. The van der Waals surface area contributed by atoms with E-state index in [1.165, 1.54) is 6.92 Å². The number of ether oxygens (including phenoxy) is 1. The monoisotopic (exact) mass is 256 g/mol. The van der Waals surface area contributed by atoms with Crippen LogP contribution < -0.4 is 0 Å². The summed E-state index contributed by atoms with van der Waals surface area (Å²) in [6.07, 6.45) is -17.0. The van der Waals surface area contributed by atoms with E-state index in [-0.39, 0.29) is 12.8 Å². The molecule has 8 heteroatoms. The highest BCUT2D eigenvalue weighted by Gasteiger charge is 2.58. The van der Waals surface area contributed by atoms with Crippen molar-refractivity contribution in [3.8, 4) is 0 Å². The molecule has 0 aromatic carbocycles. The van der Waals surface area contributed by atoms with Gasteiger partial charge in [-0.05, 0) is 6.42 Å². The molecule has 0 fully saturated rings. The number of alkyl halides is 7. The van der Waals surface area contributed by atoms with Gasteiger partial charge >= 0.3 is 12.3 Å². The Hall–Kier alpha value is -0.530. The van der Waals surface area contributed by atoms with Crippen molar-refractivity contribution in [2.24, 2.45) is 0 Å². The molecule has 0 N–H and O–H groups in total. The van der Waals surface area contributed by atoms with Crippen LogP contribution in [0.3, 0.4) is 0 Å². The third kappa shape index (κ3) is 4.54. The summed E-state index contributed by atoms with van der Waals surface area (Å²) < 4.78 is 88.0. The molecule has 0 aliphatic rings. The predicted molar refractivity (Wildman–Crippen MR) is 41.7 cm³/mol. The van der Waals surface area contributed by atoms with Crippen molar-refractivity contribution in [1.29, 1.82) is 0 Å². The van der Waals surface area contributed by atoms with Crippen molar-refractivity contribution in [3.63, 3.8) is 0 Å². The highest BCUT2D eigenvalue weighted by atomic mass is 19.4. The quantitative estimate of drug-likeness (QED) is 0.659. The van der Waals surface area contributed by atoms with E-state index in [9.17, 15) is 30.7 Å². The van der Waals surface area contributed by atoms with Crippen LogP contribution in [0.25, 0.3) is 0 Å². The van der Waals surface area contributed by atoms with Gasteiger partial charge in [0.15, 0.2) is 0 Å². The summed E-state index contributed by atoms with van der Waals surface area (Å²) >= 11 is 0. The minimum absolute atomic E-state index is 0.212. The second-order valence-electron chi connectivity index (χ2n) is 3.15. The fraction of sp³-hybridized carbons (Fsp3) is 1.00. The molecule has 0 amide bonds. The first-order valence-corrected chi connectivity index (χ1v) is 4.47. The molecule has 0 saturated carbocycles. The lowest BCUT2D eigenvalue weighted by Crippen LogP contribution is -2.45. The molecule has 0 aliphatic carbocycles. The Bertz CT molecular complexity index is 203. The summed E-state index contributed by atoms with van der Waals surface area (Å²) in [6, 6.07) is 0. The lowest BCUT2D eigenvalue weighted by Gasteiger charge is -2.26. The topological polar surface area (TPSA) is 9.23 Å². The van der Waals surface area contributed by atoms with Gasteiger partial charge in [-0.3, -0.25) is 0 Å². The summed E-state index contributed by atoms with van der Waals surface area (Å²) in [5, 5.41) is 0. The lowest BCUT2D eigenvalue weighted by molar-refractivity contribution is -0.349. The first kappa shape index (κ1) is 15.5. The molecule has 0 saturated heterocycles. The van der Waals surface area contributed by atoms with E-state index in [2.05, 4.69) is 4.74 Å². The van der Waals surface area contributed by atoms with Gasteiger partial charge in [0.1, 0.15) is 6.67 Å². The van der Waals surface area contributed by atoms with Crippen LogP contribution >= 0.6 is 0 Å². The van der Waals surface area contributed by atoms with Gasteiger partial charge in [-0.2, -0.15) is 22.0 Å². The van der Waals surface area contributed by atoms with Gasteiger partial charge < -0.3 is 4.74 Å². The molecule has 2 unspecified atom stereocenters. The Labute approximate surface area is 87.6 Å². The lowest BCUT2D eigenvalue weighted by atomic mass is 10.2. The minimum atomic E-state index is -5.74. The first-order valence-electron chi connectivity index (χ1n) is 4.47. The van der Waals surface area contributed by atoms with Crippen LogP contribution in [0.1, 0.15) is 19.8 Å². The highest BCUT2D eigenvalue weighted by molar-refractivity contribution is 4.77. The van der Waals surface area contributed by atoms with E-state index in [0.29, 0.717) is 0 Å². The molecule has 0 aromatic rings. The molecule has 1 nitrogen and oxygen atoms in total. The summed E-state index contributed by atoms with van der Waals surface area (Å²) in [5.74, 6) is 0. The maximum atomic E-state index is 12.6. The van der Waals surface area contributed by atoms with E-state index in [0.717, 1.165) is 0 Å². The van der Waals surface area contributed by atoms with Gasteiger partial charge in [-0.25, -0.2) is 8.78 Å². The molecule has 0 heterocycles. The van der Waals surface area contributed by atoms with Crippen LogP contribution in [0.15, 0.2) is 0 Å². The molecular formula is C8H11F7O. The maximum Gasteiger partial charge on any atom is 0.428 e. The van der Waals surface area contributed by atoms with E-state index >= 15 is 0 Å². The molecule has 0 rings (SSSR count). The maximum absolute atomic E-state index is 12.6. The van der Waals surface area contributed by atoms with Gasteiger partial charge in [-0.15, -0.1) is 0 Å². The zero-order chi connectivity index (χ0) is 13.0. The molecule has 0 aliphatic heterocycles. The fourth-order valence-electron chi connectivity index (χ4n) is 0.962. The first-order chi connectivity index (χ1) is 7.15. The summed E-state index contributed by atoms with van der Waals surface area (Å²) in [5.41, 5.74) is 0. The molecule has 0 radical (unpaired) electrons. The van der Waals surface area contributed by atoms with Crippen molar-refractivity contribution in [2.75, 3.05) is 6.67 Å². The van der Waals surface area contributed by atoms with Crippen LogP contribution in [-0.4, -0.2) is 31.2 Å². The van der Waals surface area contributed by atoms with Crippen LogP contribution in [0.4, 0.5) is 30.7 Å². The van der Waals surface area contributed by atoms with Crippen molar-refractivity contribution in [1.82, 2.24) is 0 Å². The number of rotatable bonds is 6. The van der Waals surface area contributed by atoms with E-state index < -0.39 is 31.2 Å². The molecule has 0 spiro atoms. The molecular weight excluding hydrogens is 245 g/mol. The molecule has 0 bridgehead atoms. The van der Waals surface area contributed by atoms with Gasteiger partial charge in [0.05, 0.1) is 6.10 Å². The Kier molecular flexibility index (Phi) is 5.51. The third-order valence-electron chi connectivity index (χ3n) is 1.69. The van der Waals surface area contributed by atoms with Crippen molar-refractivity contribution in [3.05, 3.63) is 0 Å². The van der Waals surface area contributed by atoms with E-state index in [1.54, 1.807) is 0 Å². The second-order valence-corrected chi connectivity index (χ2v) is 3.15. The van der Waals surface area contributed by atoms with Crippen molar-refractivity contribution in [2.45, 2.75) is 44.3 Å². The summed E-state index contributed by atoms with van der Waals surface area (Å²) in [6.45, 7) is 0.106. The zero-order valence-corrected chi connectivity index (χ0v) is 8.33. The van der Waals surface area contributed by atoms with Gasteiger partial charge in [0.2, 0.25) is 0 Å². The number of halogens is 7. The fourth-order valence-corrected chi connectivity index (χ4v) is 0.962. The van der Waals surface area contributed by atoms with Crippen molar-refractivity contribution < 1.29 is 35.5 Å². The standard InChI is InChI=1S/C8H11F7O/c1-2-3-5(4-9)16-8(14,15)6(10)7(11,12)13/h5-6H,2-4H2,1H3. The number of hydrogen-bond donors (Lipinski definition) is 0. The Morgan fingerprint density at radius 3 is 1.94 bits per heavy atom. The van der Waals surface area contributed by atoms with E-state index in [1.807, 2.05) is 0 Å². The van der Waals surface area contributed by atoms with Crippen LogP contribution in [-0.2, 0) is 4.74 Å². The SMILES string of the molecule is CCCC(CF)OC(F)(F)C(F)C(F)(F)F. The number of hydrogen-bond acceptors (Lipinski definition) is 1. The van der Waals surface area contributed by atoms with E-state index in [4.69, 9.17) is 0 Å². The van der Waals surface area contributed by atoms with Gasteiger partial charge in [0.25, 0.3) is 6.17 Å². The summed E-state index contributed by atoms with van der Waals surface area (Å²) in [7, 11) is 0. The predicted octanol–water partition coefficient (Wildman–Crippen LogP) is 3.63. The third-order valence-corrected chi connectivity index (χ3v) is 1.69. The minimum Gasteiger partial charge on any atom is -0.312 e. The van der Waals surface area contributed by atoms with Crippen LogP contribution in [0.5, 0.6) is 0 Å². The molecule has 2 atom stereocenters. The van der Waals surface area contributed by atoms with Crippen LogP contribution in [0.2, 0.25) is 0 Å². The van der Waals surface area contributed by atoms with Gasteiger partial charge in [0, 0.05) is 0 Å². The summed E-state index contributed by atoms with van der Waals surface area (Å²) in [4.78, 5) is 0. The average molecular weight is 256 g/mol. The normalized spacial score (nSPS) is 17.2. The van der Waals surface area contributed by atoms with Crippen LogP contribution in [0, 0.1) is 0 Å². The Morgan fingerprint density at radius 1 is 1.12 bits per heavy atom. The molecule has 98 valence electrons. The molecule has 16 heavy (non-hydrogen) atoms. The highest BCUT2D eigenvalue weighted by Crippen LogP contribution is 2.36. The largest absolute Gasteiger partial charge is 0.428 e. The molecule has 0 aromatic heterocycles. The Morgan fingerprint density at radius 2 is 1.62 bits per heavy atom.